The molecule has 1 N–H and O–H groups in total. The van der Waals surface area contributed by atoms with Crippen molar-refractivity contribution in [2.24, 2.45) is 16.2 Å². The van der Waals surface area contributed by atoms with E-state index >= 15 is 0 Å². The van der Waals surface area contributed by atoms with Crippen molar-refractivity contribution in [2.45, 2.75) is 57.9 Å². The monoisotopic (exact) mass is 525 g/mol. The van der Waals surface area contributed by atoms with Crippen LogP contribution in [0.25, 0.3) is 11.1 Å². The minimum atomic E-state index is -0.350. The molecule has 4 saturated carbocycles. The lowest BCUT2D eigenvalue weighted by Crippen LogP contribution is -2.69. The maximum Gasteiger partial charge on any atom is 0.188 e. The summed E-state index contributed by atoms with van der Waals surface area (Å²) in [5.41, 5.74) is 2.93. The molecule has 1 saturated heterocycles. The van der Waals surface area contributed by atoms with Crippen LogP contribution in [0.1, 0.15) is 57.6 Å². The number of rotatable bonds is 8. The topological polar surface area (TPSA) is 99.8 Å². The van der Waals surface area contributed by atoms with Gasteiger partial charge in [0.1, 0.15) is 24.2 Å². The number of nitriles is 1. The fourth-order valence-corrected chi connectivity index (χ4v) is 7.51. The molecule has 3 aromatic rings. The molecule has 0 radical (unpaired) electrons. The molecular weight excluding hydrogens is 493 g/mol. The van der Waals surface area contributed by atoms with Crippen molar-refractivity contribution >= 4 is 5.82 Å². The van der Waals surface area contributed by atoms with Crippen LogP contribution in [-0.4, -0.2) is 45.6 Å². The fraction of sp³-hybridized carbons (Fsp3) is 0.500. The van der Waals surface area contributed by atoms with Crippen LogP contribution in [0.2, 0.25) is 0 Å². The van der Waals surface area contributed by atoms with Gasteiger partial charge in [-0.05, 0) is 61.6 Å². The molecule has 0 atom stereocenters. The van der Waals surface area contributed by atoms with Crippen LogP contribution in [0.4, 0.5) is 10.2 Å². The summed E-state index contributed by atoms with van der Waals surface area (Å²) in [7, 11) is 0. The van der Waals surface area contributed by atoms with Gasteiger partial charge in [-0.25, -0.2) is 24.3 Å². The van der Waals surface area contributed by atoms with Crippen molar-refractivity contribution in [2.75, 3.05) is 24.5 Å². The Labute approximate surface area is 227 Å². The first-order valence-corrected chi connectivity index (χ1v) is 13.8. The first-order valence-electron chi connectivity index (χ1n) is 13.8. The quantitative estimate of drug-likeness (QED) is 0.426. The van der Waals surface area contributed by atoms with Crippen molar-refractivity contribution in [3.8, 4) is 28.7 Å². The van der Waals surface area contributed by atoms with E-state index in [9.17, 15) is 9.65 Å². The molecule has 3 heterocycles. The Balaban J connectivity index is 1.02. The van der Waals surface area contributed by atoms with Crippen LogP contribution in [0.3, 0.4) is 0 Å². The van der Waals surface area contributed by atoms with Crippen molar-refractivity contribution in [3.63, 3.8) is 0 Å². The largest absolute Gasteiger partial charge is 0.451 e. The molecule has 39 heavy (non-hydrogen) atoms. The Kier molecular flexibility index (Phi) is 5.43. The smallest absolute Gasteiger partial charge is 0.188 e. The molecule has 8 rings (SSSR count). The summed E-state index contributed by atoms with van der Waals surface area (Å²) >= 11 is 0. The summed E-state index contributed by atoms with van der Waals surface area (Å²) < 4.78 is 20.7. The van der Waals surface area contributed by atoms with E-state index in [4.69, 9.17) is 4.74 Å². The third kappa shape index (κ3) is 4.04. The van der Waals surface area contributed by atoms with E-state index in [1.54, 1.807) is 24.8 Å². The Hall–Kier alpha value is -3.64. The number of aromatic nitrogens is 4. The minimum absolute atomic E-state index is 0.0224. The maximum atomic E-state index is 14.4. The summed E-state index contributed by atoms with van der Waals surface area (Å²) in [6, 6.07) is 7.57. The molecule has 1 aliphatic heterocycles. The van der Waals surface area contributed by atoms with E-state index in [1.807, 2.05) is 0 Å². The highest BCUT2D eigenvalue weighted by Gasteiger charge is 2.68. The Bertz CT molecular complexity index is 1450. The number of nitrogens with one attached hydrogen (secondary N) is 1. The predicted octanol–water partition coefficient (Wildman–Crippen LogP) is 5.24. The first kappa shape index (κ1) is 24.4. The third-order valence-corrected chi connectivity index (χ3v) is 9.25. The molecule has 0 unspecified atom stereocenters. The second-order valence-corrected chi connectivity index (χ2v) is 12.7. The summed E-state index contributed by atoms with van der Waals surface area (Å²) in [6.07, 6.45) is 12.0. The number of anilines is 1. The van der Waals surface area contributed by atoms with E-state index in [0.29, 0.717) is 33.9 Å². The minimum Gasteiger partial charge on any atom is -0.451 e. The lowest BCUT2D eigenvalue weighted by atomic mass is 9.35. The molecule has 2 aromatic heterocycles. The zero-order valence-electron chi connectivity index (χ0n) is 22.3. The number of hydrogen-bond donors (Lipinski definition) is 1. The molecule has 8 nitrogen and oxygen atoms in total. The zero-order valence-corrected chi connectivity index (χ0v) is 22.3. The van der Waals surface area contributed by atoms with Crippen LogP contribution in [-0.2, 0) is 0 Å². The summed E-state index contributed by atoms with van der Waals surface area (Å²) in [5.74, 6) is 1.61. The molecular formula is C30H32FN7O. The molecule has 1 aromatic carbocycles. The van der Waals surface area contributed by atoms with Gasteiger partial charge in [0.2, 0.25) is 0 Å². The average molecular weight is 526 g/mol. The van der Waals surface area contributed by atoms with Gasteiger partial charge in [-0.1, -0.05) is 13.8 Å². The van der Waals surface area contributed by atoms with Crippen molar-refractivity contribution in [3.05, 3.63) is 54.8 Å². The van der Waals surface area contributed by atoms with Gasteiger partial charge in [-0.3, -0.25) is 0 Å². The van der Waals surface area contributed by atoms with Crippen molar-refractivity contribution < 1.29 is 9.13 Å². The number of ether oxygens (including phenoxy) is 1. The zero-order chi connectivity index (χ0) is 26.8. The van der Waals surface area contributed by atoms with E-state index in [0.717, 1.165) is 56.0 Å². The van der Waals surface area contributed by atoms with E-state index in [1.165, 1.54) is 31.3 Å². The van der Waals surface area contributed by atoms with Gasteiger partial charge in [-0.15, -0.1) is 0 Å². The molecule has 5 aliphatic rings. The van der Waals surface area contributed by atoms with E-state index in [-0.39, 0.29) is 17.2 Å². The van der Waals surface area contributed by atoms with Crippen LogP contribution < -0.4 is 15.0 Å². The van der Waals surface area contributed by atoms with Crippen LogP contribution in [0, 0.1) is 33.4 Å². The van der Waals surface area contributed by atoms with Crippen LogP contribution in [0.5, 0.6) is 11.5 Å². The normalized spacial score (nSPS) is 26.3. The van der Waals surface area contributed by atoms with Gasteiger partial charge in [0.25, 0.3) is 0 Å². The van der Waals surface area contributed by atoms with Gasteiger partial charge in [0.05, 0.1) is 23.4 Å². The highest BCUT2D eigenvalue weighted by molar-refractivity contribution is 5.73. The Morgan fingerprint density at radius 2 is 1.82 bits per heavy atom. The first-order chi connectivity index (χ1) is 18.8. The van der Waals surface area contributed by atoms with Crippen molar-refractivity contribution in [1.29, 1.82) is 5.26 Å². The second kappa shape index (κ2) is 8.68. The van der Waals surface area contributed by atoms with Gasteiger partial charge in [-0.2, -0.15) is 5.26 Å². The van der Waals surface area contributed by atoms with Gasteiger partial charge < -0.3 is 15.0 Å². The van der Waals surface area contributed by atoms with Gasteiger partial charge in [0.15, 0.2) is 11.6 Å². The predicted molar refractivity (Wildman–Crippen MR) is 144 cm³/mol. The lowest BCUT2D eigenvalue weighted by molar-refractivity contribution is -0.162. The average Bonchev–Trinajstić information content (AvgIpc) is 2.84. The molecule has 200 valence electrons. The van der Waals surface area contributed by atoms with Crippen LogP contribution in [0.15, 0.2) is 43.2 Å². The van der Waals surface area contributed by atoms with E-state index < -0.39 is 0 Å². The second-order valence-electron chi connectivity index (χ2n) is 12.7. The molecule has 5 fully saturated rings. The van der Waals surface area contributed by atoms with Gasteiger partial charge >= 0.3 is 0 Å². The number of nitrogens with zero attached hydrogens (tertiary/aromatic N) is 6. The molecule has 0 amide bonds. The standard InChI is InChI=1S/C30H32FN7O/c1-19(2)26-23(8-33-17-36-26)22-5-20(31)3-4-24(22)39-25-9-34-18-37-27(25)38-15-28(16-38)6-21(7-28)35-14-30-10-29(11-30,12-30)13-32/h3-5,8-9,17-19,21,35H,6-7,10-12,14-16H2,1-2H3. The SMILES string of the molecule is CC(C)c1ncncc1-c1cc(F)ccc1Oc1cncnc1N1CC2(CC(NCC34CC(C#N)(C3)C4)C2)C1. The molecule has 2 bridgehead atoms. The Morgan fingerprint density at radius 3 is 2.56 bits per heavy atom. The van der Waals surface area contributed by atoms with Crippen molar-refractivity contribution in [1.82, 2.24) is 25.3 Å². The number of hydrogen-bond acceptors (Lipinski definition) is 8. The number of benzene rings is 1. The van der Waals surface area contributed by atoms with E-state index in [2.05, 4.69) is 50.1 Å². The molecule has 1 spiro atoms. The van der Waals surface area contributed by atoms with Gasteiger partial charge in [0, 0.05) is 48.4 Å². The highest BCUT2D eigenvalue weighted by Crippen LogP contribution is 2.72. The summed E-state index contributed by atoms with van der Waals surface area (Å²) in [4.78, 5) is 19.7. The fourth-order valence-electron chi connectivity index (χ4n) is 7.51. The Morgan fingerprint density at radius 1 is 1.08 bits per heavy atom. The third-order valence-electron chi connectivity index (χ3n) is 9.25. The summed E-state index contributed by atoms with van der Waals surface area (Å²) in [6.45, 7) is 7.02. The molecule has 9 heteroatoms. The molecule has 4 aliphatic carbocycles. The maximum absolute atomic E-state index is 14.4. The highest BCUT2D eigenvalue weighted by atomic mass is 19.1. The van der Waals surface area contributed by atoms with Crippen LogP contribution >= 0.6 is 0 Å². The summed E-state index contributed by atoms with van der Waals surface area (Å²) in [5, 5.41) is 13.0. The lowest BCUT2D eigenvalue weighted by Gasteiger charge is -2.68. The number of halogens is 1.